The van der Waals surface area contributed by atoms with Gasteiger partial charge in [-0.3, -0.25) is 4.68 Å². The van der Waals surface area contributed by atoms with Crippen molar-refractivity contribution >= 4 is 23.5 Å². The summed E-state index contributed by atoms with van der Waals surface area (Å²) in [7, 11) is 0. The molecule has 0 bridgehead atoms. The molecule has 3 fully saturated rings. The number of amides is 1. The molecule has 0 radical (unpaired) electrons. The Morgan fingerprint density at radius 2 is 1.97 bits per heavy atom. The molecule has 3 heterocycles. The van der Waals surface area contributed by atoms with Gasteiger partial charge < -0.3 is 15.4 Å². The molecule has 8 heteroatoms. The van der Waals surface area contributed by atoms with Gasteiger partial charge in [0.2, 0.25) is 0 Å². The monoisotopic (exact) mass is 429 g/mol. The highest BCUT2D eigenvalue weighted by atomic mass is 35.5. The number of aromatic nitrogens is 3. The van der Waals surface area contributed by atoms with Crippen LogP contribution in [0, 0.1) is 17.8 Å². The fourth-order valence-corrected chi connectivity index (χ4v) is 4.73. The zero-order valence-corrected chi connectivity index (χ0v) is 18.4. The Kier molecular flexibility index (Phi) is 4.51. The predicted octanol–water partition coefficient (Wildman–Crippen LogP) is 4.17. The average Bonchev–Trinajstić information content (AvgIpc) is 3.50. The number of pyridine rings is 1. The highest BCUT2D eigenvalue weighted by Crippen LogP contribution is 2.58. The lowest BCUT2D eigenvalue weighted by Crippen LogP contribution is -2.37. The van der Waals surface area contributed by atoms with Crippen LogP contribution in [0.4, 0.5) is 10.6 Å². The van der Waals surface area contributed by atoms with Crippen molar-refractivity contribution in [3.8, 4) is 11.3 Å². The van der Waals surface area contributed by atoms with E-state index < -0.39 is 5.60 Å². The Labute approximate surface area is 181 Å². The molecule has 1 aliphatic heterocycles. The number of fused-ring (bicyclic) bond motifs is 1. The van der Waals surface area contributed by atoms with E-state index in [4.69, 9.17) is 27.2 Å². The van der Waals surface area contributed by atoms with Crippen LogP contribution in [-0.4, -0.2) is 44.4 Å². The summed E-state index contributed by atoms with van der Waals surface area (Å²) in [6.07, 6.45) is 4.07. The highest BCUT2D eigenvalue weighted by molar-refractivity contribution is 6.33. The SMILES string of the molecule is CC(C)(C)OC(=O)N1CC2C(C1)C2c1cc(-c2cnc(N)c(Cl)c2)nn1CC1CC1. The van der Waals surface area contributed by atoms with E-state index in [1.54, 1.807) is 6.20 Å². The molecule has 0 aromatic carbocycles. The van der Waals surface area contributed by atoms with Gasteiger partial charge in [-0.2, -0.15) is 5.10 Å². The third-order valence-corrected chi connectivity index (χ3v) is 6.59. The van der Waals surface area contributed by atoms with Crippen molar-refractivity contribution in [3.05, 3.63) is 29.0 Å². The fraction of sp³-hybridized carbons (Fsp3) is 0.591. The first-order valence-electron chi connectivity index (χ1n) is 10.7. The van der Waals surface area contributed by atoms with E-state index in [1.165, 1.54) is 18.5 Å². The second kappa shape index (κ2) is 6.87. The number of nitrogens with zero attached hydrogens (tertiary/aromatic N) is 4. The molecule has 2 aromatic rings. The quantitative estimate of drug-likeness (QED) is 0.788. The summed E-state index contributed by atoms with van der Waals surface area (Å²) in [6, 6.07) is 4.00. The summed E-state index contributed by atoms with van der Waals surface area (Å²) in [5, 5.41) is 5.34. The third kappa shape index (κ3) is 3.75. The van der Waals surface area contributed by atoms with E-state index in [0.29, 0.717) is 28.6 Å². The first-order chi connectivity index (χ1) is 14.2. The zero-order chi connectivity index (χ0) is 21.2. The number of carbonyl (C=O) groups is 1. The minimum Gasteiger partial charge on any atom is -0.444 e. The number of piperidine rings is 1. The molecule has 2 unspecified atom stereocenters. The first-order valence-corrected chi connectivity index (χ1v) is 11.0. The molecule has 30 heavy (non-hydrogen) atoms. The molecule has 2 aromatic heterocycles. The van der Waals surface area contributed by atoms with Gasteiger partial charge in [0.05, 0.1) is 10.7 Å². The topological polar surface area (TPSA) is 86.3 Å². The molecule has 1 saturated heterocycles. The maximum Gasteiger partial charge on any atom is 0.410 e. The molecule has 5 rings (SSSR count). The summed E-state index contributed by atoms with van der Waals surface area (Å²) in [4.78, 5) is 18.4. The average molecular weight is 430 g/mol. The number of halogens is 1. The highest BCUT2D eigenvalue weighted by Gasteiger charge is 2.59. The summed E-state index contributed by atoms with van der Waals surface area (Å²) < 4.78 is 7.72. The summed E-state index contributed by atoms with van der Waals surface area (Å²) in [5.41, 5.74) is 8.33. The Morgan fingerprint density at radius 3 is 2.57 bits per heavy atom. The number of ether oxygens (including phenoxy) is 1. The minimum absolute atomic E-state index is 0.205. The number of likely N-dealkylation sites (tertiary alicyclic amines) is 1. The van der Waals surface area contributed by atoms with Crippen LogP contribution in [0.5, 0.6) is 0 Å². The van der Waals surface area contributed by atoms with Crippen LogP contribution in [0.25, 0.3) is 11.3 Å². The number of hydrogen-bond donors (Lipinski definition) is 1. The van der Waals surface area contributed by atoms with Crippen molar-refractivity contribution < 1.29 is 9.53 Å². The normalized spacial score (nSPS) is 25.3. The van der Waals surface area contributed by atoms with Crippen LogP contribution in [0.15, 0.2) is 18.3 Å². The largest absolute Gasteiger partial charge is 0.444 e. The van der Waals surface area contributed by atoms with E-state index >= 15 is 0 Å². The lowest BCUT2D eigenvalue weighted by molar-refractivity contribution is 0.0270. The first kappa shape index (κ1) is 19.7. The van der Waals surface area contributed by atoms with Gasteiger partial charge in [0.1, 0.15) is 11.4 Å². The molecule has 7 nitrogen and oxygen atoms in total. The maximum absolute atomic E-state index is 12.4. The lowest BCUT2D eigenvalue weighted by Gasteiger charge is -2.26. The van der Waals surface area contributed by atoms with Crippen molar-refractivity contribution in [2.45, 2.75) is 51.7 Å². The molecule has 2 aliphatic carbocycles. The number of hydrogen-bond acceptors (Lipinski definition) is 5. The van der Waals surface area contributed by atoms with E-state index in [2.05, 4.69) is 15.7 Å². The molecule has 2 atom stereocenters. The summed E-state index contributed by atoms with van der Waals surface area (Å²) in [6.45, 7) is 8.17. The Balaban J connectivity index is 1.35. The minimum atomic E-state index is -0.463. The van der Waals surface area contributed by atoms with Crippen molar-refractivity contribution in [2.24, 2.45) is 17.8 Å². The Morgan fingerprint density at radius 1 is 1.27 bits per heavy atom. The lowest BCUT2D eigenvalue weighted by atomic mass is 10.1. The summed E-state index contributed by atoms with van der Waals surface area (Å²) >= 11 is 6.18. The van der Waals surface area contributed by atoms with Crippen molar-refractivity contribution in [1.82, 2.24) is 19.7 Å². The molecule has 160 valence electrons. The van der Waals surface area contributed by atoms with Gasteiger partial charge in [-0.1, -0.05) is 11.6 Å². The molecular formula is C22H28ClN5O2. The van der Waals surface area contributed by atoms with E-state index in [0.717, 1.165) is 36.8 Å². The molecule has 2 N–H and O–H groups in total. The molecule has 3 aliphatic rings. The van der Waals surface area contributed by atoms with Crippen molar-refractivity contribution in [3.63, 3.8) is 0 Å². The van der Waals surface area contributed by atoms with Crippen molar-refractivity contribution in [1.29, 1.82) is 0 Å². The second-order valence-electron chi connectivity index (χ2n) is 9.91. The second-order valence-corrected chi connectivity index (χ2v) is 10.3. The van der Waals surface area contributed by atoms with Gasteiger partial charge in [0.25, 0.3) is 0 Å². The van der Waals surface area contributed by atoms with Crippen LogP contribution < -0.4 is 5.73 Å². The van der Waals surface area contributed by atoms with Crippen LogP contribution in [0.2, 0.25) is 5.02 Å². The van der Waals surface area contributed by atoms with Crippen LogP contribution in [0.1, 0.15) is 45.2 Å². The zero-order valence-electron chi connectivity index (χ0n) is 17.6. The Hall–Kier alpha value is -2.28. The standard InChI is InChI=1S/C22H28ClN5O2/c1-22(2,3)30-21(29)27-10-14-15(11-27)19(14)18-7-17(26-28(18)9-12-4-5-12)13-6-16(23)20(24)25-8-13/h6-8,12,14-15,19H,4-5,9-11H2,1-3H3,(H2,24,25). The van der Waals surface area contributed by atoms with Gasteiger partial charge in [-0.15, -0.1) is 0 Å². The van der Waals surface area contributed by atoms with Gasteiger partial charge in [-0.05, 0) is 63.5 Å². The molecular weight excluding hydrogens is 402 g/mol. The Bertz CT molecular complexity index is 982. The van der Waals surface area contributed by atoms with E-state index in [-0.39, 0.29) is 6.09 Å². The maximum atomic E-state index is 12.4. The van der Waals surface area contributed by atoms with Gasteiger partial charge in [-0.25, -0.2) is 9.78 Å². The van der Waals surface area contributed by atoms with Gasteiger partial charge >= 0.3 is 6.09 Å². The van der Waals surface area contributed by atoms with E-state index in [1.807, 2.05) is 31.7 Å². The molecule has 0 spiro atoms. The van der Waals surface area contributed by atoms with Crippen LogP contribution in [0.3, 0.4) is 0 Å². The van der Waals surface area contributed by atoms with Gasteiger partial charge in [0, 0.05) is 43.0 Å². The van der Waals surface area contributed by atoms with Crippen LogP contribution >= 0.6 is 11.6 Å². The predicted molar refractivity (Wildman–Crippen MR) is 115 cm³/mol. The molecule has 2 saturated carbocycles. The molecule has 1 amide bonds. The van der Waals surface area contributed by atoms with E-state index in [9.17, 15) is 4.79 Å². The number of anilines is 1. The fourth-order valence-electron chi connectivity index (χ4n) is 4.56. The smallest absolute Gasteiger partial charge is 0.410 e. The number of nitrogens with two attached hydrogens (primary N) is 1. The number of nitrogen functional groups attached to an aromatic ring is 1. The number of carbonyl (C=O) groups excluding carboxylic acids is 1. The van der Waals surface area contributed by atoms with Crippen LogP contribution in [-0.2, 0) is 11.3 Å². The van der Waals surface area contributed by atoms with Crippen molar-refractivity contribution in [2.75, 3.05) is 18.8 Å². The number of rotatable bonds is 4. The van der Waals surface area contributed by atoms with Gasteiger partial charge in [0.15, 0.2) is 0 Å². The summed E-state index contributed by atoms with van der Waals surface area (Å²) in [5.74, 6) is 2.46. The third-order valence-electron chi connectivity index (χ3n) is 6.29.